The molecule has 2 unspecified atom stereocenters. The van der Waals surface area contributed by atoms with Crippen LogP contribution in [0.15, 0.2) is 0 Å². The molecule has 14 heteroatoms. The standard InChI is InChI=1S/C14H21O13P/c1-6(15)22-5-10-11(23-7(2)16)12(24-8(3)17)13(25-9(4)18)14(26-10)27-28(19,20)21/h10-14H,5H2,1-4H3,(H2,19,20,21)/t10?,11-,12+,13?,14+/m1/s1. The summed E-state index contributed by atoms with van der Waals surface area (Å²) < 4.78 is 40.9. The Morgan fingerprint density at radius 3 is 1.71 bits per heavy atom. The van der Waals surface area contributed by atoms with Crippen molar-refractivity contribution >= 4 is 31.7 Å². The first-order valence-corrected chi connectivity index (χ1v) is 9.37. The number of carbonyl (C=O) groups excluding carboxylic acids is 4. The van der Waals surface area contributed by atoms with Gasteiger partial charge in [-0.3, -0.25) is 23.7 Å². The van der Waals surface area contributed by atoms with Gasteiger partial charge in [0.2, 0.25) is 6.29 Å². The lowest BCUT2D eigenvalue weighted by atomic mass is 9.98. The van der Waals surface area contributed by atoms with E-state index in [1.165, 1.54) is 0 Å². The lowest BCUT2D eigenvalue weighted by Crippen LogP contribution is -2.62. The Morgan fingerprint density at radius 1 is 0.821 bits per heavy atom. The van der Waals surface area contributed by atoms with Crippen molar-refractivity contribution in [2.75, 3.05) is 6.61 Å². The van der Waals surface area contributed by atoms with E-state index in [4.69, 9.17) is 33.5 Å². The Bertz CT molecular complexity index is 656. The number of esters is 4. The highest BCUT2D eigenvalue weighted by Gasteiger charge is 2.54. The van der Waals surface area contributed by atoms with Gasteiger partial charge in [-0.2, -0.15) is 0 Å². The molecule has 0 saturated carbocycles. The Hall–Kier alpha value is -2.05. The van der Waals surface area contributed by atoms with Gasteiger partial charge in [0.25, 0.3) is 0 Å². The number of carbonyl (C=O) groups is 4. The van der Waals surface area contributed by atoms with Crippen molar-refractivity contribution in [1.82, 2.24) is 0 Å². The maximum atomic E-state index is 11.5. The zero-order valence-electron chi connectivity index (χ0n) is 15.4. The van der Waals surface area contributed by atoms with Crippen LogP contribution in [0.3, 0.4) is 0 Å². The summed E-state index contributed by atoms with van der Waals surface area (Å²) >= 11 is 0. The minimum Gasteiger partial charge on any atom is -0.463 e. The molecule has 5 atom stereocenters. The van der Waals surface area contributed by atoms with Gasteiger partial charge in [0.1, 0.15) is 12.7 Å². The summed E-state index contributed by atoms with van der Waals surface area (Å²) in [6.07, 6.45) is -8.01. The van der Waals surface area contributed by atoms with Gasteiger partial charge < -0.3 is 33.5 Å². The van der Waals surface area contributed by atoms with Crippen molar-refractivity contribution in [2.24, 2.45) is 0 Å². The number of phosphoric acid groups is 1. The molecule has 1 fully saturated rings. The number of hydrogen-bond acceptors (Lipinski definition) is 11. The van der Waals surface area contributed by atoms with Crippen LogP contribution < -0.4 is 0 Å². The first kappa shape index (κ1) is 24.0. The van der Waals surface area contributed by atoms with Gasteiger partial charge in [-0.15, -0.1) is 0 Å². The van der Waals surface area contributed by atoms with Crippen LogP contribution in [0.25, 0.3) is 0 Å². The number of ether oxygens (including phenoxy) is 5. The van der Waals surface area contributed by atoms with Crippen LogP contribution in [0.5, 0.6) is 0 Å². The maximum Gasteiger partial charge on any atom is 0.472 e. The fraction of sp³-hybridized carbons (Fsp3) is 0.714. The highest BCUT2D eigenvalue weighted by atomic mass is 31.2. The predicted octanol–water partition coefficient (Wildman–Crippen LogP) is -0.821. The summed E-state index contributed by atoms with van der Waals surface area (Å²) in [7, 11) is -5.16. The van der Waals surface area contributed by atoms with Crippen LogP contribution in [0.1, 0.15) is 27.7 Å². The molecule has 13 nitrogen and oxygen atoms in total. The molecule has 0 aromatic carbocycles. The summed E-state index contributed by atoms with van der Waals surface area (Å²) in [5.41, 5.74) is 0. The molecule has 0 amide bonds. The largest absolute Gasteiger partial charge is 0.472 e. The second-order valence-corrected chi connectivity index (χ2v) is 6.86. The van der Waals surface area contributed by atoms with Gasteiger partial charge in [-0.1, -0.05) is 0 Å². The zero-order valence-corrected chi connectivity index (χ0v) is 16.3. The van der Waals surface area contributed by atoms with E-state index >= 15 is 0 Å². The molecule has 1 rings (SSSR count). The van der Waals surface area contributed by atoms with Crippen molar-refractivity contribution in [2.45, 2.75) is 58.4 Å². The molecule has 2 N–H and O–H groups in total. The number of phosphoric ester groups is 1. The van der Waals surface area contributed by atoms with Crippen LogP contribution in [0.4, 0.5) is 0 Å². The van der Waals surface area contributed by atoms with Crippen molar-refractivity contribution < 1.29 is 61.7 Å². The first-order chi connectivity index (χ1) is 12.8. The molecule has 0 aromatic heterocycles. The normalized spacial score (nSPS) is 27.4. The van der Waals surface area contributed by atoms with Gasteiger partial charge in [0.05, 0.1) is 0 Å². The monoisotopic (exact) mass is 428 g/mol. The molecule has 1 aliphatic heterocycles. The van der Waals surface area contributed by atoms with Gasteiger partial charge in [-0.05, 0) is 0 Å². The molecule has 28 heavy (non-hydrogen) atoms. The minimum atomic E-state index is -5.16. The lowest BCUT2D eigenvalue weighted by molar-refractivity contribution is -0.291. The second-order valence-electron chi connectivity index (χ2n) is 5.66. The molecule has 0 bridgehead atoms. The molecule has 160 valence electrons. The van der Waals surface area contributed by atoms with E-state index in [9.17, 15) is 23.7 Å². The third-order valence-electron chi connectivity index (χ3n) is 3.19. The Morgan fingerprint density at radius 2 is 1.29 bits per heavy atom. The molecule has 1 aliphatic rings. The number of rotatable bonds is 7. The summed E-state index contributed by atoms with van der Waals surface area (Å²) in [4.78, 5) is 63.7. The summed E-state index contributed by atoms with van der Waals surface area (Å²) in [5.74, 6) is -3.38. The maximum absolute atomic E-state index is 11.5. The Kier molecular flexibility index (Phi) is 8.51. The topological polar surface area (TPSA) is 181 Å². The molecular weight excluding hydrogens is 407 g/mol. The zero-order chi connectivity index (χ0) is 21.6. The predicted molar refractivity (Wildman–Crippen MR) is 85.1 cm³/mol. The SMILES string of the molecule is CC(=O)OCC1O[C@@H](OP(=O)(O)O)C(OC(C)=O)[C@@H](OC(C)=O)[C@@H]1OC(C)=O. The van der Waals surface area contributed by atoms with Crippen molar-refractivity contribution in [3.8, 4) is 0 Å². The molecule has 0 spiro atoms. The van der Waals surface area contributed by atoms with Crippen molar-refractivity contribution in [1.29, 1.82) is 0 Å². The van der Waals surface area contributed by atoms with E-state index in [0.717, 1.165) is 27.7 Å². The highest BCUT2D eigenvalue weighted by molar-refractivity contribution is 7.46. The van der Waals surface area contributed by atoms with Gasteiger partial charge in [0.15, 0.2) is 18.3 Å². The van der Waals surface area contributed by atoms with E-state index in [1.54, 1.807) is 0 Å². The van der Waals surface area contributed by atoms with Crippen LogP contribution >= 0.6 is 7.82 Å². The molecule has 0 radical (unpaired) electrons. The summed E-state index contributed by atoms with van der Waals surface area (Å²) in [6.45, 7) is 3.56. The average molecular weight is 428 g/mol. The molecular formula is C14H21O13P. The second kappa shape index (κ2) is 9.94. The van der Waals surface area contributed by atoms with Crippen LogP contribution in [-0.4, -0.2) is 71.0 Å². The lowest BCUT2D eigenvalue weighted by Gasteiger charge is -2.43. The van der Waals surface area contributed by atoms with Gasteiger partial charge in [0, 0.05) is 27.7 Å². The van der Waals surface area contributed by atoms with Crippen molar-refractivity contribution in [3.05, 3.63) is 0 Å². The molecule has 0 aromatic rings. The fourth-order valence-electron chi connectivity index (χ4n) is 2.41. The molecule has 0 aliphatic carbocycles. The Labute approximate surface area is 159 Å². The van der Waals surface area contributed by atoms with Gasteiger partial charge >= 0.3 is 31.7 Å². The van der Waals surface area contributed by atoms with E-state index < -0.39 is 69.0 Å². The summed E-state index contributed by atoms with van der Waals surface area (Å²) in [5, 5.41) is 0. The first-order valence-electron chi connectivity index (χ1n) is 7.84. The average Bonchev–Trinajstić information content (AvgIpc) is 2.48. The number of hydrogen-bond donors (Lipinski definition) is 2. The van der Waals surface area contributed by atoms with Crippen LogP contribution in [0, 0.1) is 0 Å². The van der Waals surface area contributed by atoms with Crippen LogP contribution in [-0.2, 0) is 52.0 Å². The van der Waals surface area contributed by atoms with Crippen LogP contribution in [0.2, 0.25) is 0 Å². The van der Waals surface area contributed by atoms with E-state index in [1.807, 2.05) is 0 Å². The summed E-state index contributed by atoms with van der Waals surface area (Å²) in [6, 6.07) is 0. The third-order valence-corrected chi connectivity index (χ3v) is 3.67. The van der Waals surface area contributed by atoms with E-state index in [2.05, 4.69) is 4.52 Å². The quantitative estimate of drug-likeness (QED) is 0.292. The molecule has 1 heterocycles. The molecule has 1 saturated heterocycles. The minimum absolute atomic E-state index is 0.543. The third kappa shape index (κ3) is 7.90. The highest BCUT2D eigenvalue weighted by Crippen LogP contribution is 2.42. The smallest absolute Gasteiger partial charge is 0.463 e. The fourth-order valence-corrected chi connectivity index (χ4v) is 2.85. The van der Waals surface area contributed by atoms with E-state index in [-0.39, 0.29) is 0 Å². The van der Waals surface area contributed by atoms with Crippen molar-refractivity contribution in [3.63, 3.8) is 0 Å². The Balaban J connectivity index is 3.34. The van der Waals surface area contributed by atoms with Gasteiger partial charge in [-0.25, -0.2) is 4.57 Å². The van der Waals surface area contributed by atoms with E-state index in [0.29, 0.717) is 0 Å².